The van der Waals surface area contributed by atoms with E-state index in [0.29, 0.717) is 58.3 Å². The fourth-order valence-corrected chi connectivity index (χ4v) is 19.4. The third-order valence-corrected chi connectivity index (χ3v) is 27.4. The first-order valence-electron chi connectivity index (χ1n) is 50.2. The number of carbonyl (C=O) groups excluding carboxylic acids is 4. The van der Waals surface area contributed by atoms with Crippen LogP contribution >= 0.6 is 0 Å². The molecule has 32 nitrogen and oxygen atoms in total. The van der Waals surface area contributed by atoms with E-state index in [-0.39, 0.29) is 29.1 Å². The number of likely N-dealkylation sites (N-methyl/N-ethyl adjacent to an activating group) is 1. The lowest BCUT2D eigenvalue weighted by molar-refractivity contribution is -0.137. The summed E-state index contributed by atoms with van der Waals surface area (Å²) in [4.78, 5) is 100. The van der Waals surface area contributed by atoms with Gasteiger partial charge in [0.2, 0.25) is 0 Å². The van der Waals surface area contributed by atoms with Crippen molar-refractivity contribution in [2.45, 2.75) is 90.1 Å². The van der Waals surface area contributed by atoms with E-state index in [1.165, 1.54) is 86.6 Å². The first-order chi connectivity index (χ1) is 71.9. The molecule has 0 spiro atoms. The Morgan fingerprint density at radius 2 is 0.626 bits per heavy atom. The van der Waals surface area contributed by atoms with Crippen molar-refractivity contribution in [3.05, 3.63) is 307 Å². The number of aromatic nitrogens is 15. The number of rotatable bonds is 23. The summed E-state index contributed by atoms with van der Waals surface area (Å²) in [5.41, 5.74) is 20.2. The molecule has 6 aliphatic rings. The van der Waals surface area contributed by atoms with Gasteiger partial charge in [-0.3, -0.25) is 84.1 Å². The molecule has 6 aromatic carbocycles. The van der Waals surface area contributed by atoms with Crippen molar-refractivity contribution in [1.82, 2.24) is 100 Å². The van der Waals surface area contributed by atoms with Crippen LogP contribution in [-0.4, -0.2) is 249 Å². The molecule has 11 aromatic heterocycles. The van der Waals surface area contributed by atoms with Crippen LogP contribution < -0.4 is 31.1 Å². The molecule has 6 aliphatic heterocycles. The van der Waals surface area contributed by atoms with Gasteiger partial charge in [-0.2, -0.15) is 33.6 Å². The highest BCUT2D eigenvalue weighted by Gasteiger charge is 2.31. The Labute approximate surface area is 847 Å². The van der Waals surface area contributed by atoms with Gasteiger partial charge in [-0.1, -0.05) is 73.9 Å². The molecular formula is C112H115F3N26O6. The molecule has 0 saturated carbocycles. The number of likely N-dealkylation sites (tertiary alicyclic amines) is 3. The number of carbonyl (C=O) groups is 4. The van der Waals surface area contributed by atoms with Crippen LogP contribution in [0.3, 0.4) is 0 Å². The van der Waals surface area contributed by atoms with Crippen LogP contribution in [-0.2, 0) is 41.8 Å². The normalized spacial score (nSPS) is 15.7. The molecule has 0 unspecified atom stereocenters. The van der Waals surface area contributed by atoms with E-state index in [9.17, 15) is 32.3 Å². The number of hydrogen-bond acceptors (Lipinski definition) is 24. The van der Waals surface area contributed by atoms with Crippen LogP contribution in [0.2, 0.25) is 0 Å². The lowest BCUT2D eigenvalue weighted by Crippen LogP contribution is -2.44. The molecule has 0 atom stereocenters. The van der Waals surface area contributed by atoms with Gasteiger partial charge < -0.3 is 45.4 Å². The first-order valence-corrected chi connectivity index (χ1v) is 50.2. The zero-order valence-corrected chi connectivity index (χ0v) is 81.8. The molecule has 17 aromatic rings. The van der Waals surface area contributed by atoms with Gasteiger partial charge in [-0.25, -0.2) is 9.97 Å². The number of aromatic amines is 4. The summed E-state index contributed by atoms with van der Waals surface area (Å²) in [6.07, 6.45) is 27.3. The van der Waals surface area contributed by atoms with Crippen molar-refractivity contribution >= 4 is 102 Å². The van der Waals surface area contributed by atoms with Crippen LogP contribution in [0.15, 0.2) is 256 Å². The molecule has 147 heavy (non-hydrogen) atoms. The summed E-state index contributed by atoms with van der Waals surface area (Å²) < 4.78 is 49.2. The zero-order valence-electron chi connectivity index (χ0n) is 81.8. The molecule has 0 bridgehead atoms. The highest BCUT2D eigenvalue weighted by atomic mass is 19.4. The number of nitrogens with one attached hydrogen (secondary N) is 8. The Kier molecular flexibility index (Phi) is 31.2. The average Bonchev–Trinajstić information content (AvgIpc) is 1.67. The summed E-state index contributed by atoms with van der Waals surface area (Å²) in [5, 5.41) is 43.2. The molecule has 0 aliphatic carbocycles. The number of anilines is 6. The predicted molar refractivity (Wildman–Crippen MR) is 565 cm³/mol. The first kappa shape index (κ1) is 98.6. The Balaban J connectivity index is 0.000000119. The number of alkyl halides is 3. The molecule has 23 rings (SSSR count). The highest BCUT2D eigenvalue weighted by molar-refractivity contribution is 6.15. The maximum atomic E-state index is 13.2. The van der Waals surface area contributed by atoms with Gasteiger partial charge in [0.25, 0.3) is 23.6 Å². The van der Waals surface area contributed by atoms with E-state index >= 15 is 0 Å². The number of fused-ring (bicyclic) bond motifs is 4. The van der Waals surface area contributed by atoms with Crippen molar-refractivity contribution in [1.29, 1.82) is 0 Å². The van der Waals surface area contributed by atoms with Gasteiger partial charge in [0, 0.05) is 183 Å². The van der Waals surface area contributed by atoms with Crippen LogP contribution in [0.5, 0.6) is 0 Å². The number of amides is 4. The number of nitrogens with zero attached hydrogens (tertiary/aromatic N) is 18. The number of ether oxygens (including phenoxy) is 2. The fourth-order valence-electron chi connectivity index (χ4n) is 19.4. The zero-order chi connectivity index (χ0) is 100. The van der Waals surface area contributed by atoms with Crippen molar-refractivity contribution in [2.24, 2.45) is 0 Å². The smallest absolute Gasteiger partial charge is 0.379 e. The van der Waals surface area contributed by atoms with E-state index in [4.69, 9.17) is 9.47 Å². The molecule has 6 saturated heterocycles. The quantitative estimate of drug-likeness (QED) is 0.0295. The van der Waals surface area contributed by atoms with Gasteiger partial charge in [-0.15, -0.1) is 0 Å². The number of halogens is 3. The topological polar surface area (TPSA) is 362 Å². The van der Waals surface area contributed by atoms with Gasteiger partial charge in [-0.05, 0) is 263 Å². The van der Waals surface area contributed by atoms with E-state index in [1.54, 1.807) is 24.8 Å². The number of piperidine rings is 3. The van der Waals surface area contributed by atoms with Gasteiger partial charge in [0.15, 0.2) is 22.8 Å². The minimum Gasteiger partial charge on any atom is -0.379 e. The van der Waals surface area contributed by atoms with Crippen molar-refractivity contribution in [2.75, 3.05) is 156 Å². The molecule has 17 heterocycles. The molecule has 0 radical (unpaired) electrons. The van der Waals surface area contributed by atoms with Crippen LogP contribution in [0.25, 0.3) is 99.4 Å². The van der Waals surface area contributed by atoms with Crippen LogP contribution in [0, 0.1) is 0 Å². The maximum absolute atomic E-state index is 13.2. The number of benzene rings is 6. The Hall–Kier alpha value is -15.8. The summed E-state index contributed by atoms with van der Waals surface area (Å²) in [7, 11) is 2.13. The van der Waals surface area contributed by atoms with Gasteiger partial charge in [0.05, 0.1) is 95.4 Å². The fraction of sp³-hybridized carbons (Fsp3) is 0.295. The minimum absolute atomic E-state index is 0.152. The second-order valence-corrected chi connectivity index (χ2v) is 37.9. The third kappa shape index (κ3) is 25.1. The average molecular weight is 1980 g/mol. The molecule has 4 amide bonds. The maximum Gasteiger partial charge on any atom is 0.416 e. The summed E-state index contributed by atoms with van der Waals surface area (Å²) in [5.74, 6) is 0.470. The summed E-state index contributed by atoms with van der Waals surface area (Å²) >= 11 is 0. The van der Waals surface area contributed by atoms with Gasteiger partial charge in [0.1, 0.15) is 11.6 Å². The standard InChI is InChI=1S/C30H28N6O.C29H34N8O.C28H31N7O2.C25H22F3N5O2/c37-30(33-25-10-12-27(32-19-25)22-7-3-1-4-8-22)29-26-16-23(9-11-28(26)34-35-29)24-15-21(17-31-18-24)20-36-13-5-2-6-14-36;1-35-11-13-37(14-12-35)27-8-6-24(19-31-27)32-29(38)28-25-16-22(5-7-26(25)33-34-28)23-15-21(17-30-18-23)20-36-9-3-2-4-10-36;36-28(31-23-5-7-26(30-18-23)35-10-12-37-13-11-35)27-24-15-21(4-6-25(24)32-33-27)22-14-20(16-29-17-22)19-34-8-2-1-3-9-34;26-25(27,28)19-2-4-20(5-3-19)30-24(34)23-21-12-17(1-6-22(21)31-32-23)18-11-16(13-29-14-18)15-33-7-9-35-10-8-33/h1,3-4,7-12,15-19H,2,5-6,13-14,20H2,(H,33,37)(H,34,35);5-8,15-19H,2-4,9-14,20H2,1H3,(H,32,38)(H,33,34);4-7,14-18H,1-3,8-13,19H2,(H,31,36)(H,32,33);1-6,11-14H,7-10,15H2,(H,30,34)(H,31,32). The highest BCUT2D eigenvalue weighted by Crippen LogP contribution is 2.36. The SMILES string of the molecule is CN1CCN(c2ccc(NC(=O)c3n[nH]c4ccc(-c5cncc(CN6CCCCC6)c5)cc34)cn2)CC1.O=C(Nc1ccc(-c2ccccc2)nc1)c1n[nH]c2ccc(-c3cncc(CN4CCCCC4)c3)cc12.O=C(Nc1ccc(C(F)(F)F)cc1)c1n[nH]c2ccc(-c3cncc(CN4CCOCC4)c3)cc12.O=C(Nc1ccc(N2CCOCC2)nc1)c1n[nH]c2ccc(-c3cncc(CN4CCCCC4)c3)cc12. The summed E-state index contributed by atoms with van der Waals surface area (Å²) in [6, 6.07) is 58.0. The number of morpholine rings is 2. The second kappa shape index (κ2) is 46.5. The lowest BCUT2D eigenvalue weighted by atomic mass is 10.0. The van der Waals surface area contributed by atoms with Crippen molar-refractivity contribution in [3.63, 3.8) is 0 Å². The number of H-pyrrole nitrogens is 4. The molecule has 6 fully saturated rings. The Bertz CT molecular complexity index is 7390. The number of hydrogen-bond donors (Lipinski definition) is 8. The third-order valence-electron chi connectivity index (χ3n) is 27.4. The summed E-state index contributed by atoms with van der Waals surface area (Å²) in [6.45, 7) is 20.6. The van der Waals surface area contributed by atoms with Crippen molar-refractivity contribution < 1.29 is 41.8 Å². The van der Waals surface area contributed by atoms with Crippen molar-refractivity contribution in [3.8, 4) is 55.8 Å². The molecule has 750 valence electrons. The van der Waals surface area contributed by atoms with Crippen LogP contribution in [0.4, 0.5) is 47.6 Å². The van der Waals surface area contributed by atoms with Gasteiger partial charge >= 0.3 is 6.18 Å². The lowest BCUT2D eigenvalue weighted by Gasteiger charge is -2.33. The van der Waals surface area contributed by atoms with E-state index < -0.39 is 17.6 Å². The van der Waals surface area contributed by atoms with E-state index in [2.05, 4.69) is 163 Å². The molecular weight excluding hydrogens is 1860 g/mol. The Morgan fingerprint density at radius 3 is 0.959 bits per heavy atom. The largest absolute Gasteiger partial charge is 0.416 e. The van der Waals surface area contributed by atoms with E-state index in [1.807, 2.05) is 183 Å². The Morgan fingerprint density at radius 1 is 0.306 bits per heavy atom. The predicted octanol–water partition coefficient (Wildman–Crippen LogP) is 18.8. The monoisotopic (exact) mass is 1980 g/mol. The number of pyridine rings is 7. The molecule has 8 N–H and O–H groups in total. The molecule has 35 heteroatoms. The number of piperazine rings is 1. The second-order valence-electron chi connectivity index (χ2n) is 37.9. The minimum atomic E-state index is -4.44. The van der Waals surface area contributed by atoms with E-state index in [0.717, 1.165) is 249 Å². The van der Waals surface area contributed by atoms with Crippen LogP contribution in [0.1, 0.15) is 128 Å².